The van der Waals surface area contributed by atoms with E-state index in [0.717, 1.165) is 0 Å². The van der Waals surface area contributed by atoms with Crippen molar-refractivity contribution in [3.8, 4) is 0 Å². The lowest BCUT2D eigenvalue weighted by molar-refractivity contribution is -0.156. The fraction of sp³-hybridized carbons (Fsp3) is 0.786. The van der Waals surface area contributed by atoms with Crippen LogP contribution in [-0.4, -0.2) is 41.0 Å². The maximum Gasteiger partial charge on any atom is 0.408 e. The van der Waals surface area contributed by atoms with Gasteiger partial charge in [-0.3, -0.25) is 9.59 Å². The molecule has 0 aromatic heterocycles. The van der Waals surface area contributed by atoms with Crippen molar-refractivity contribution in [2.45, 2.75) is 65.2 Å². The van der Waals surface area contributed by atoms with Gasteiger partial charge in [0.15, 0.2) is 5.78 Å². The highest BCUT2D eigenvalue weighted by Crippen LogP contribution is 2.11. The number of hydrogen-bond acceptors (Lipinski definition) is 5. The SMILES string of the molecule is CC(C)(C)OC(=O)CC(NC(=O)OC(C)(C)C)C(=O)CCl. The van der Waals surface area contributed by atoms with Crippen molar-refractivity contribution >= 4 is 29.4 Å². The Morgan fingerprint density at radius 3 is 1.86 bits per heavy atom. The fourth-order valence-electron chi connectivity index (χ4n) is 1.34. The number of carbonyl (C=O) groups excluding carboxylic acids is 3. The van der Waals surface area contributed by atoms with E-state index < -0.39 is 35.1 Å². The van der Waals surface area contributed by atoms with E-state index in [4.69, 9.17) is 21.1 Å². The van der Waals surface area contributed by atoms with Crippen LogP contribution in [0.2, 0.25) is 0 Å². The number of alkyl carbamates (subject to hydrolysis) is 1. The number of ketones is 1. The van der Waals surface area contributed by atoms with Crippen LogP contribution in [0.1, 0.15) is 48.0 Å². The van der Waals surface area contributed by atoms with Crippen molar-refractivity contribution < 1.29 is 23.9 Å². The summed E-state index contributed by atoms with van der Waals surface area (Å²) >= 11 is 5.49. The molecule has 1 atom stereocenters. The Morgan fingerprint density at radius 1 is 1.00 bits per heavy atom. The molecule has 0 fully saturated rings. The van der Waals surface area contributed by atoms with Gasteiger partial charge < -0.3 is 14.8 Å². The molecule has 21 heavy (non-hydrogen) atoms. The lowest BCUT2D eigenvalue weighted by Crippen LogP contribution is -2.45. The molecule has 0 heterocycles. The molecule has 0 bridgehead atoms. The van der Waals surface area contributed by atoms with Crippen LogP contribution >= 0.6 is 11.6 Å². The number of hydrogen-bond donors (Lipinski definition) is 1. The minimum atomic E-state index is -1.06. The Hall–Kier alpha value is -1.30. The van der Waals surface area contributed by atoms with Crippen molar-refractivity contribution in [1.29, 1.82) is 0 Å². The Morgan fingerprint density at radius 2 is 1.48 bits per heavy atom. The lowest BCUT2D eigenvalue weighted by Gasteiger charge is -2.24. The van der Waals surface area contributed by atoms with E-state index in [2.05, 4.69) is 5.32 Å². The highest BCUT2D eigenvalue weighted by Gasteiger charge is 2.28. The van der Waals surface area contributed by atoms with Crippen molar-refractivity contribution in [2.75, 3.05) is 5.88 Å². The molecular weight excluding hydrogens is 298 g/mol. The lowest BCUT2D eigenvalue weighted by atomic mass is 10.1. The Kier molecular flexibility index (Phi) is 7.16. The first-order chi connectivity index (χ1) is 9.34. The second-order valence-corrected chi connectivity index (χ2v) is 6.86. The summed E-state index contributed by atoms with van der Waals surface area (Å²) in [4.78, 5) is 35.1. The smallest absolute Gasteiger partial charge is 0.408 e. The number of nitrogens with one attached hydrogen (secondary N) is 1. The van der Waals surface area contributed by atoms with E-state index in [0.29, 0.717) is 0 Å². The number of esters is 1. The summed E-state index contributed by atoms with van der Waals surface area (Å²) in [6, 6.07) is -1.06. The zero-order chi connectivity index (χ0) is 16.8. The van der Waals surface area contributed by atoms with E-state index >= 15 is 0 Å². The first kappa shape index (κ1) is 19.7. The van der Waals surface area contributed by atoms with Crippen LogP contribution < -0.4 is 5.32 Å². The number of amides is 1. The molecule has 0 aliphatic rings. The summed E-state index contributed by atoms with van der Waals surface area (Å²) < 4.78 is 10.2. The van der Waals surface area contributed by atoms with Crippen molar-refractivity contribution in [3.05, 3.63) is 0 Å². The van der Waals surface area contributed by atoms with Gasteiger partial charge >= 0.3 is 12.1 Å². The van der Waals surface area contributed by atoms with Crippen LogP contribution in [0, 0.1) is 0 Å². The average Bonchev–Trinajstić information content (AvgIpc) is 2.21. The number of rotatable bonds is 5. The van der Waals surface area contributed by atoms with Gasteiger partial charge in [-0.05, 0) is 41.5 Å². The highest BCUT2D eigenvalue weighted by atomic mass is 35.5. The van der Waals surface area contributed by atoms with Gasteiger partial charge in [0.05, 0.1) is 12.3 Å². The van der Waals surface area contributed by atoms with Crippen LogP contribution in [0.25, 0.3) is 0 Å². The molecule has 0 aromatic rings. The third-order valence-corrected chi connectivity index (χ3v) is 2.27. The zero-order valence-electron chi connectivity index (χ0n) is 13.4. The van der Waals surface area contributed by atoms with Gasteiger partial charge in [0.2, 0.25) is 0 Å². The minimum Gasteiger partial charge on any atom is -0.460 e. The predicted molar refractivity (Wildman–Crippen MR) is 79.3 cm³/mol. The van der Waals surface area contributed by atoms with E-state index in [1.807, 2.05) is 0 Å². The van der Waals surface area contributed by atoms with Gasteiger partial charge in [0.25, 0.3) is 0 Å². The first-order valence-corrected chi connectivity index (χ1v) is 7.17. The Balaban J connectivity index is 4.72. The molecule has 0 aliphatic carbocycles. The molecule has 1 N–H and O–H groups in total. The van der Waals surface area contributed by atoms with Crippen LogP contribution in [0.5, 0.6) is 0 Å². The summed E-state index contributed by atoms with van der Waals surface area (Å²) in [7, 11) is 0. The van der Waals surface area contributed by atoms with Crippen molar-refractivity contribution in [2.24, 2.45) is 0 Å². The number of alkyl halides is 1. The van der Waals surface area contributed by atoms with Crippen molar-refractivity contribution in [3.63, 3.8) is 0 Å². The quantitative estimate of drug-likeness (QED) is 0.621. The summed E-state index contributed by atoms with van der Waals surface area (Å²) in [6.07, 6.45) is -1.07. The van der Waals surface area contributed by atoms with E-state index in [1.165, 1.54) is 0 Å². The number of halogens is 1. The van der Waals surface area contributed by atoms with Gasteiger partial charge in [-0.15, -0.1) is 11.6 Å². The minimum absolute atomic E-state index is 0.290. The third kappa shape index (κ3) is 10.1. The highest BCUT2D eigenvalue weighted by molar-refractivity contribution is 6.28. The molecule has 1 unspecified atom stereocenters. The third-order valence-electron chi connectivity index (χ3n) is 2.00. The van der Waals surface area contributed by atoms with Gasteiger partial charge in [-0.2, -0.15) is 0 Å². The van der Waals surface area contributed by atoms with Gasteiger partial charge in [0.1, 0.15) is 17.2 Å². The second-order valence-electron chi connectivity index (χ2n) is 6.59. The molecule has 0 aliphatic heterocycles. The topological polar surface area (TPSA) is 81.7 Å². The molecule has 6 nitrogen and oxygen atoms in total. The van der Waals surface area contributed by atoms with Gasteiger partial charge in [-0.1, -0.05) is 0 Å². The molecule has 0 aromatic carbocycles. The summed E-state index contributed by atoms with van der Waals surface area (Å²) in [5.74, 6) is -1.39. The summed E-state index contributed by atoms with van der Waals surface area (Å²) in [5.41, 5.74) is -1.37. The maximum atomic E-state index is 11.7. The zero-order valence-corrected chi connectivity index (χ0v) is 14.2. The van der Waals surface area contributed by atoms with Crippen LogP contribution in [-0.2, 0) is 19.1 Å². The summed E-state index contributed by atoms with van der Waals surface area (Å²) in [5, 5.41) is 2.34. The van der Waals surface area contributed by atoms with E-state index in [1.54, 1.807) is 41.5 Å². The maximum absolute atomic E-state index is 11.7. The Bertz CT molecular complexity index is 365. The fourth-order valence-corrected chi connectivity index (χ4v) is 1.52. The van der Waals surface area contributed by atoms with Crippen LogP contribution in [0.4, 0.5) is 4.79 Å². The van der Waals surface area contributed by atoms with Gasteiger partial charge in [-0.25, -0.2) is 4.79 Å². The average molecular weight is 322 g/mol. The first-order valence-electron chi connectivity index (χ1n) is 6.64. The molecule has 0 saturated carbocycles. The molecule has 1 amide bonds. The van der Waals surface area contributed by atoms with E-state index in [9.17, 15) is 14.4 Å². The standard InChI is InChI=1S/C14H24ClNO5/c1-13(2,3)20-11(18)7-9(10(17)8-15)16-12(19)21-14(4,5)6/h9H,7-8H2,1-6H3,(H,16,19). The van der Waals surface area contributed by atoms with Crippen LogP contribution in [0.15, 0.2) is 0 Å². The molecule has 122 valence electrons. The molecule has 0 radical (unpaired) electrons. The molecular formula is C14H24ClNO5. The molecule has 0 rings (SSSR count). The number of ether oxygens (including phenoxy) is 2. The van der Waals surface area contributed by atoms with Gasteiger partial charge in [0, 0.05) is 0 Å². The van der Waals surface area contributed by atoms with E-state index in [-0.39, 0.29) is 12.3 Å². The number of carbonyl (C=O) groups is 3. The Labute approximate surface area is 130 Å². The molecule has 0 spiro atoms. The summed E-state index contributed by atoms with van der Waals surface area (Å²) in [6.45, 7) is 10.2. The molecule has 7 heteroatoms. The monoisotopic (exact) mass is 321 g/mol. The predicted octanol–water partition coefficient (Wildman–Crippen LogP) is 2.42. The second kappa shape index (κ2) is 7.64. The largest absolute Gasteiger partial charge is 0.460 e. The normalized spacial score (nSPS) is 13.3. The van der Waals surface area contributed by atoms with Crippen molar-refractivity contribution in [1.82, 2.24) is 5.32 Å². The van der Waals surface area contributed by atoms with Crippen LogP contribution in [0.3, 0.4) is 0 Å². The number of Topliss-reactive ketones (excluding diaryl/α,β-unsaturated/α-hetero) is 1. The molecule has 0 saturated heterocycles.